The summed E-state index contributed by atoms with van der Waals surface area (Å²) >= 11 is 0. The molecule has 0 saturated carbocycles. The number of carbonyl (C=O) groups is 1. The first-order valence-electron chi connectivity index (χ1n) is 10.8. The van der Waals surface area contributed by atoms with Gasteiger partial charge in [-0.3, -0.25) is 10.1 Å². The number of anilines is 2. The number of aryl methyl sites for hydroxylation is 1. The Balaban J connectivity index is 1.64. The molecule has 178 valence electrons. The van der Waals surface area contributed by atoms with Crippen LogP contribution in [0.1, 0.15) is 45.0 Å². The summed E-state index contributed by atoms with van der Waals surface area (Å²) in [5.74, 6) is 1.67. The maximum absolute atomic E-state index is 11.8. The number of pyridine rings is 1. The van der Waals surface area contributed by atoms with Crippen molar-refractivity contribution >= 4 is 17.7 Å². The Morgan fingerprint density at radius 3 is 2.68 bits per heavy atom. The van der Waals surface area contributed by atoms with Crippen molar-refractivity contribution in [3.8, 4) is 23.1 Å². The first-order valence-corrected chi connectivity index (χ1v) is 10.8. The van der Waals surface area contributed by atoms with Gasteiger partial charge in [0.15, 0.2) is 11.5 Å². The lowest BCUT2D eigenvalue weighted by molar-refractivity contribution is 0.0527. The van der Waals surface area contributed by atoms with Crippen LogP contribution in [0.25, 0.3) is 11.3 Å². The highest BCUT2D eigenvalue weighted by molar-refractivity contribution is 5.72. The van der Waals surface area contributed by atoms with E-state index in [4.69, 9.17) is 14.7 Å². The normalized spacial score (nSPS) is 10.9. The number of amides is 1. The van der Waals surface area contributed by atoms with Gasteiger partial charge in [-0.2, -0.15) is 10.4 Å². The molecule has 11 heteroatoms. The number of hydrogen-bond donors (Lipinski definition) is 3. The molecule has 0 radical (unpaired) electrons. The summed E-state index contributed by atoms with van der Waals surface area (Å²) in [6, 6.07) is 5.55. The van der Waals surface area contributed by atoms with E-state index in [-0.39, 0.29) is 5.69 Å². The molecule has 0 aromatic carbocycles. The zero-order chi connectivity index (χ0) is 24.6. The minimum Gasteiger partial charge on any atom is -0.496 e. The Bertz CT molecular complexity index is 1150. The zero-order valence-electron chi connectivity index (χ0n) is 19.7. The van der Waals surface area contributed by atoms with Crippen LogP contribution in [0.5, 0.6) is 5.75 Å². The summed E-state index contributed by atoms with van der Waals surface area (Å²) in [6.07, 6.45) is 6.40. The number of unbranched alkanes of at least 4 members (excludes halogenated alkanes) is 1. The number of nitrogens with zero attached hydrogens (tertiary/aromatic N) is 5. The zero-order valence-corrected chi connectivity index (χ0v) is 19.7. The lowest BCUT2D eigenvalue weighted by Crippen LogP contribution is -2.33. The van der Waals surface area contributed by atoms with E-state index in [0.717, 1.165) is 29.8 Å². The van der Waals surface area contributed by atoms with Crippen LogP contribution in [-0.4, -0.2) is 50.5 Å². The fraction of sp³-hybridized carbons (Fsp3) is 0.391. The number of methoxy groups -OCH3 is 1. The van der Waals surface area contributed by atoms with Crippen molar-refractivity contribution in [1.29, 1.82) is 5.26 Å². The maximum atomic E-state index is 11.8. The van der Waals surface area contributed by atoms with Gasteiger partial charge in [0.2, 0.25) is 0 Å². The summed E-state index contributed by atoms with van der Waals surface area (Å²) in [7, 11) is 1.61. The number of aromatic nitrogens is 5. The van der Waals surface area contributed by atoms with E-state index in [1.807, 2.05) is 32.9 Å². The van der Waals surface area contributed by atoms with Crippen molar-refractivity contribution in [3.05, 3.63) is 42.1 Å². The first kappa shape index (κ1) is 24.4. The van der Waals surface area contributed by atoms with E-state index < -0.39 is 11.7 Å². The fourth-order valence-electron chi connectivity index (χ4n) is 3.15. The van der Waals surface area contributed by atoms with Gasteiger partial charge < -0.3 is 20.1 Å². The fourth-order valence-corrected chi connectivity index (χ4v) is 3.15. The third-order valence-corrected chi connectivity index (χ3v) is 4.59. The van der Waals surface area contributed by atoms with Crippen molar-refractivity contribution in [3.63, 3.8) is 0 Å². The largest absolute Gasteiger partial charge is 0.496 e. The van der Waals surface area contributed by atoms with Gasteiger partial charge in [0.25, 0.3) is 0 Å². The summed E-state index contributed by atoms with van der Waals surface area (Å²) in [5, 5.41) is 22.0. The number of nitriles is 1. The molecule has 0 spiro atoms. The van der Waals surface area contributed by atoms with E-state index in [1.165, 1.54) is 12.4 Å². The molecule has 1 amide bonds. The van der Waals surface area contributed by atoms with Gasteiger partial charge >= 0.3 is 6.09 Å². The van der Waals surface area contributed by atoms with Gasteiger partial charge in [-0.1, -0.05) is 0 Å². The van der Waals surface area contributed by atoms with Crippen molar-refractivity contribution < 1.29 is 14.3 Å². The number of ether oxygens (including phenoxy) is 2. The molecule has 34 heavy (non-hydrogen) atoms. The molecular formula is C23H28N8O3. The van der Waals surface area contributed by atoms with Gasteiger partial charge in [-0.25, -0.2) is 14.8 Å². The van der Waals surface area contributed by atoms with E-state index in [2.05, 4.69) is 35.8 Å². The molecule has 3 aromatic heterocycles. The Kier molecular flexibility index (Phi) is 7.97. The van der Waals surface area contributed by atoms with Crippen molar-refractivity contribution in [2.45, 2.75) is 45.6 Å². The standard InChI is InChI=1S/C23H28N8O3/c1-23(2,3)34-22(32)26-9-6-5-7-16-21(18(33-4)8-10-25-16)17-11-19(31-30-17)29-20-14-27-15(12-24)13-28-20/h8,10-11,13-14H,5-7,9H2,1-4H3,(H,26,32)(H2,28,29,30,31). The number of aromatic amines is 1. The third-order valence-electron chi connectivity index (χ3n) is 4.59. The van der Waals surface area contributed by atoms with E-state index in [0.29, 0.717) is 30.4 Å². The average molecular weight is 465 g/mol. The Morgan fingerprint density at radius 2 is 2.00 bits per heavy atom. The highest BCUT2D eigenvalue weighted by Gasteiger charge is 2.17. The number of carbonyl (C=O) groups excluding carboxylic acids is 1. The predicted molar refractivity (Wildman–Crippen MR) is 126 cm³/mol. The van der Waals surface area contributed by atoms with E-state index >= 15 is 0 Å². The molecule has 3 N–H and O–H groups in total. The second kappa shape index (κ2) is 11.1. The van der Waals surface area contributed by atoms with E-state index in [9.17, 15) is 4.79 Å². The Labute approximate surface area is 197 Å². The minimum atomic E-state index is -0.520. The first-order chi connectivity index (χ1) is 16.3. The van der Waals surface area contributed by atoms with Crippen molar-refractivity contribution in [2.75, 3.05) is 19.0 Å². The van der Waals surface area contributed by atoms with Gasteiger partial charge in [0.05, 0.1) is 36.5 Å². The summed E-state index contributed by atoms with van der Waals surface area (Å²) in [6.45, 7) is 6.00. The number of H-pyrrole nitrogens is 1. The second-order valence-electron chi connectivity index (χ2n) is 8.41. The molecule has 11 nitrogen and oxygen atoms in total. The molecule has 0 unspecified atom stereocenters. The lowest BCUT2D eigenvalue weighted by atomic mass is 10.0. The smallest absolute Gasteiger partial charge is 0.407 e. The topological polar surface area (TPSA) is 151 Å². The maximum Gasteiger partial charge on any atom is 0.407 e. The van der Waals surface area contributed by atoms with Gasteiger partial charge in [-0.05, 0) is 46.1 Å². The Morgan fingerprint density at radius 1 is 1.18 bits per heavy atom. The SMILES string of the molecule is COc1ccnc(CCCCNC(=O)OC(C)(C)C)c1-c1cc(Nc2cnc(C#N)cn2)n[nH]1. The van der Waals surface area contributed by atoms with Crippen LogP contribution in [0.4, 0.5) is 16.4 Å². The van der Waals surface area contributed by atoms with Crippen LogP contribution in [0, 0.1) is 11.3 Å². The van der Waals surface area contributed by atoms with Gasteiger partial charge in [0.1, 0.15) is 23.2 Å². The highest BCUT2D eigenvalue weighted by atomic mass is 16.6. The molecule has 0 bridgehead atoms. The lowest BCUT2D eigenvalue weighted by Gasteiger charge is -2.19. The molecule has 3 rings (SSSR count). The van der Waals surface area contributed by atoms with Crippen molar-refractivity contribution in [1.82, 2.24) is 30.5 Å². The third kappa shape index (κ3) is 6.90. The highest BCUT2D eigenvalue weighted by Crippen LogP contribution is 2.33. The number of nitrogens with one attached hydrogen (secondary N) is 3. The van der Waals surface area contributed by atoms with Crippen LogP contribution in [0.3, 0.4) is 0 Å². The van der Waals surface area contributed by atoms with Gasteiger partial charge in [0, 0.05) is 18.8 Å². The number of rotatable bonds is 9. The summed E-state index contributed by atoms with van der Waals surface area (Å²) < 4.78 is 10.8. The van der Waals surface area contributed by atoms with Crippen molar-refractivity contribution in [2.24, 2.45) is 0 Å². The van der Waals surface area contributed by atoms with Crippen LogP contribution >= 0.6 is 0 Å². The molecule has 3 aromatic rings. The Hall–Kier alpha value is -4.20. The second-order valence-corrected chi connectivity index (χ2v) is 8.41. The quantitative estimate of drug-likeness (QED) is 0.402. The molecular weight excluding hydrogens is 436 g/mol. The molecule has 0 aliphatic heterocycles. The molecule has 0 fully saturated rings. The van der Waals surface area contributed by atoms with Crippen LogP contribution in [-0.2, 0) is 11.2 Å². The molecule has 3 heterocycles. The molecule has 0 saturated heterocycles. The van der Waals surface area contributed by atoms with Crippen LogP contribution < -0.4 is 15.4 Å². The van der Waals surface area contributed by atoms with Crippen LogP contribution in [0.2, 0.25) is 0 Å². The number of hydrogen-bond acceptors (Lipinski definition) is 9. The molecule has 0 atom stereocenters. The molecule has 0 aliphatic rings. The predicted octanol–water partition coefficient (Wildman–Crippen LogP) is 3.73. The number of alkyl carbamates (subject to hydrolysis) is 1. The summed E-state index contributed by atoms with van der Waals surface area (Å²) in [5.41, 5.74) is 2.12. The van der Waals surface area contributed by atoms with E-state index in [1.54, 1.807) is 19.4 Å². The van der Waals surface area contributed by atoms with Gasteiger partial charge in [-0.15, -0.1) is 0 Å². The average Bonchev–Trinajstić information content (AvgIpc) is 3.25. The monoisotopic (exact) mass is 464 g/mol. The summed E-state index contributed by atoms with van der Waals surface area (Å²) in [4.78, 5) is 24.5. The molecule has 0 aliphatic carbocycles. The minimum absolute atomic E-state index is 0.235. The van der Waals surface area contributed by atoms with Crippen LogP contribution in [0.15, 0.2) is 30.7 Å².